The Morgan fingerprint density at radius 2 is 1.62 bits per heavy atom. The number of nitriles is 1. The Morgan fingerprint density at radius 3 is 2.25 bits per heavy atom. The van der Waals surface area contributed by atoms with Gasteiger partial charge < -0.3 is 5.32 Å². The molecule has 0 aliphatic carbocycles. The molecule has 0 aromatic heterocycles. The van der Waals surface area contributed by atoms with Crippen molar-refractivity contribution in [1.29, 1.82) is 5.26 Å². The highest BCUT2D eigenvalue weighted by atomic mass is 32.2. The largest absolute Gasteiger partial charge is 0.321 e. The van der Waals surface area contributed by atoms with Crippen LogP contribution in [0.1, 0.15) is 11.1 Å². The van der Waals surface area contributed by atoms with Crippen molar-refractivity contribution in [2.45, 2.75) is 18.6 Å². The maximum Gasteiger partial charge on any atom is 0.269 e. The minimum Gasteiger partial charge on any atom is -0.321 e. The topological polar surface area (TPSA) is 73.2 Å². The Kier molecular flexibility index (Phi) is 6.39. The van der Waals surface area contributed by atoms with Crippen LogP contribution in [0.4, 0.5) is 11.4 Å². The predicted molar refractivity (Wildman–Crippen MR) is 128 cm³/mol. The first-order valence-corrected chi connectivity index (χ1v) is 11.1. The van der Waals surface area contributed by atoms with Crippen LogP contribution in [0, 0.1) is 18.3 Å². The van der Waals surface area contributed by atoms with Gasteiger partial charge in [0.1, 0.15) is 16.7 Å². The van der Waals surface area contributed by atoms with E-state index in [1.807, 2.05) is 61.5 Å². The van der Waals surface area contributed by atoms with Gasteiger partial charge in [-0.2, -0.15) is 5.26 Å². The molecule has 1 N–H and O–H groups in total. The van der Waals surface area contributed by atoms with Crippen LogP contribution in [0.5, 0.6) is 0 Å². The summed E-state index contributed by atoms with van der Waals surface area (Å²) in [5, 5.41) is 12.6. The van der Waals surface area contributed by atoms with Crippen molar-refractivity contribution in [1.82, 2.24) is 0 Å². The summed E-state index contributed by atoms with van der Waals surface area (Å²) in [4.78, 5) is 27.9. The molecule has 1 heterocycles. The Labute approximate surface area is 191 Å². The number of thioether (sulfide) groups is 1. The molecule has 158 valence electrons. The summed E-state index contributed by atoms with van der Waals surface area (Å²) in [5.41, 5.74) is 3.31. The molecule has 32 heavy (non-hydrogen) atoms. The fourth-order valence-corrected chi connectivity index (χ4v) is 4.76. The minimum atomic E-state index is -0.536. The highest BCUT2D eigenvalue weighted by Crippen LogP contribution is 2.42. The number of hydrogen-bond donors (Lipinski definition) is 1. The molecule has 0 radical (unpaired) electrons. The van der Waals surface area contributed by atoms with Gasteiger partial charge in [0.2, 0.25) is 5.91 Å². The van der Waals surface area contributed by atoms with Crippen molar-refractivity contribution < 1.29 is 9.59 Å². The highest BCUT2D eigenvalue weighted by molar-refractivity contribution is 8.05. The van der Waals surface area contributed by atoms with Crippen LogP contribution in [0.2, 0.25) is 0 Å². The van der Waals surface area contributed by atoms with Gasteiger partial charge >= 0.3 is 0 Å². The maximum atomic E-state index is 13.4. The molecular formula is C26H21N3O2S. The number of amides is 2. The molecule has 1 aliphatic heterocycles. The van der Waals surface area contributed by atoms with Crippen molar-refractivity contribution in [3.63, 3.8) is 0 Å². The second-order valence-electron chi connectivity index (χ2n) is 7.42. The van der Waals surface area contributed by atoms with Crippen molar-refractivity contribution >= 4 is 35.0 Å². The molecule has 1 atom stereocenters. The van der Waals surface area contributed by atoms with Crippen LogP contribution in [0.25, 0.3) is 0 Å². The third kappa shape index (κ3) is 4.58. The van der Waals surface area contributed by atoms with Gasteiger partial charge in [-0.1, -0.05) is 78.0 Å². The standard InChI is InChI=1S/C26H21N3O2S/c1-18-12-14-19(15-13-18)16-23-25(31)29(21-10-6-3-7-11-21)26(32-23)22(17-27)24(30)28-20-8-4-2-5-9-20/h2-15,23H,16H2,1H3,(H,28,30). The summed E-state index contributed by atoms with van der Waals surface area (Å²) >= 11 is 1.26. The summed E-state index contributed by atoms with van der Waals surface area (Å²) in [5.74, 6) is -0.678. The summed E-state index contributed by atoms with van der Waals surface area (Å²) in [6.07, 6.45) is 0.510. The first kappa shape index (κ1) is 21.4. The van der Waals surface area contributed by atoms with Crippen LogP contribution in [-0.4, -0.2) is 17.1 Å². The minimum absolute atomic E-state index is 0.0811. The number of anilines is 2. The molecule has 4 rings (SSSR count). The maximum absolute atomic E-state index is 13.4. The zero-order valence-corrected chi connectivity index (χ0v) is 18.3. The first-order valence-electron chi connectivity index (χ1n) is 10.2. The molecule has 5 nitrogen and oxygen atoms in total. The van der Waals surface area contributed by atoms with Crippen LogP contribution < -0.4 is 10.2 Å². The Balaban J connectivity index is 1.71. The lowest BCUT2D eigenvalue weighted by Gasteiger charge is -2.18. The van der Waals surface area contributed by atoms with E-state index in [1.165, 1.54) is 16.7 Å². The first-order chi connectivity index (χ1) is 15.6. The van der Waals surface area contributed by atoms with E-state index in [9.17, 15) is 14.9 Å². The molecule has 0 spiro atoms. The zero-order chi connectivity index (χ0) is 22.5. The van der Waals surface area contributed by atoms with Crippen LogP contribution in [-0.2, 0) is 16.0 Å². The smallest absolute Gasteiger partial charge is 0.269 e. The molecule has 0 bridgehead atoms. The monoisotopic (exact) mass is 439 g/mol. The number of hydrogen-bond acceptors (Lipinski definition) is 4. The van der Waals surface area contributed by atoms with Crippen LogP contribution >= 0.6 is 11.8 Å². The number of aryl methyl sites for hydroxylation is 1. The summed E-state index contributed by atoms with van der Waals surface area (Å²) < 4.78 is 0. The fourth-order valence-electron chi connectivity index (χ4n) is 3.45. The van der Waals surface area contributed by atoms with Crippen molar-refractivity contribution in [3.8, 4) is 6.07 Å². The van der Waals surface area contributed by atoms with Gasteiger partial charge in [0, 0.05) is 11.4 Å². The fraction of sp³-hybridized carbons (Fsp3) is 0.115. The highest BCUT2D eigenvalue weighted by Gasteiger charge is 2.40. The lowest BCUT2D eigenvalue weighted by molar-refractivity contribution is -0.117. The van der Waals surface area contributed by atoms with Gasteiger partial charge in [0.05, 0.1) is 5.25 Å². The number of benzene rings is 3. The molecule has 0 saturated carbocycles. The molecule has 1 unspecified atom stereocenters. The van der Waals surface area contributed by atoms with Crippen LogP contribution in [0.3, 0.4) is 0 Å². The Hall–Kier alpha value is -3.82. The van der Waals surface area contributed by atoms with E-state index in [-0.39, 0.29) is 11.5 Å². The molecule has 2 amide bonds. The van der Waals surface area contributed by atoms with Gasteiger partial charge in [-0.3, -0.25) is 14.5 Å². The van der Waals surface area contributed by atoms with E-state index in [1.54, 1.807) is 36.4 Å². The quantitative estimate of drug-likeness (QED) is 0.445. The molecule has 3 aromatic rings. The Bertz CT molecular complexity index is 1200. The summed E-state index contributed by atoms with van der Waals surface area (Å²) in [6.45, 7) is 2.02. The number of carbonyl (C=O) groups is 2. The zero-order valence-electron chi connectivity index (χ0n) is 17.5. The van der Waals surface area contributed by atoms with Crippen molar-refractivity contribution in [2.24, 2.45) is 0 Å². The number of para-hydroxylation sites is 2. The molecule has 1 aliphatic rings. The van der Waals surface area contributed by atoms with E-state index in [2.05, 4.69) is 5.32 Å². The molecule has 6 heteroatoms. The number of nitrogens with one attached hydrogen (secondary N) is 1. The molecule has 1 saturated heterocycles. The lowest BCUT2D eigenvalue weighted by Crippen LogP contribution is -2.30. The average Bonchev–Trinajstić information content (AvgIpc) is 3.12. The van der Waals surface area contributed by atoms with E-state index in [0.717, 1.165) is 11.1 Å². The van der Waals surface area contributed by atoms with Gasteiger partial charge in [0.15, 0.2) is 0 Å². The van der Waals surface area contributed by atoms with Gasteiger partial charge in [-0.15, -0.1) is 0 Å². The number of carbonyl (C=O) groups excluding carboxylic acids is 2. The summed E-state index contributed by atoms with van der Waals surface area (Å²) in [6, 6.07) is 28.1. The summed E-state index contributed by atoms with van der Waals surface area (Å²) in [7, 11) is 0. The van der Waals surface area contributed by atoms with E-state index < -0.39 is 11.2 Å². The van der Waals surface area contributed by atoms with Gasteiger partial charge in [0.25, 0.3) is 5.91 Å². The molecular weight excluding hydrogens is 418 g/mol. The van der Waals surface area contributed by atoms with E-state index in [4.69, 9.17) is 0 Å². The molecule has 3 aromatic carbocycles. The predicted octanol–water partition coefficient (Wildman–Crippen LogP) is 5.06. The van der Waals surface area contributed by atoms with E-state index >= 15 is 0 Å². The van der Waals surface area contributed by atoms with Gasteiger partial charge in [-0.05, 0) is 43.2 Å². The van der Waals surface area contributed by atoms with Crippen LogP contribution in [0.15, 0.2) is 95.5 Å². The second kappa shape index (κ2) is 9.54. The van der Waals surface area contributed by atoms with Crippen molar-refractivity contribution in [2.75, 3.05) is 10.2 Å². The van der Waals surface area contributed by atoms with Gasteiger partial charge in [-0.25, -0.2) is 0 Å². The number of rotatable bonds is 5. The third-order valence-corrected chi connectivity index (χ3v) is 6.36. The number of nitrogens with zero attached hydrogens (tertiary/aromatic N) is 2. The van der Waals surface area contributed by atoms with Crippen molar-refractivity contribution in [3.05, 3.63) is 107 Å². The second-order valence-corrected chi connectivity index (χ2v) is 8.61. The Morgan fingerprint density at radius 1 is 1.00 bits per heavy atom. The normalized spacial score (nSPS) is 17.1. The molecule has 1 fully saturated rings. The SMILES string of the molecule is Cc1ccc(CC2SC(=C(C#N)C(=O)Nc3ccccc3)N(c3ccccc3)C2=O)cc1. The third-order valence-electron chi connectivity index (χ3n) is 5.09. The van der Waals surface area contributed by atoms with E-state index in [0.29, 0.717) is 22.8 Å². The lowest BCUT2D eigenvalue weighted by atomic mass is 10.1. The average molecular weight is 440 g/mol.